The first-order valence-electron chi connectivity index (χ1n) is 13.0. The first kappa shape index (κ1) is 24.1. The second-order valence-electron chi connectivity index (χ2n) is 11.0. The van der Waals surface area contributed by atoms with Gasteiger partial charge in [-0.3, -0.25) is 9.58 Å². The zero-order valence-electron chi connectivity index (χ0n) is 21.2. The van der Waals surface area contributed by atoms with Crippen molar-refractivity contribution in [3.8, 4) is 22.5 Å². The Morgan fingerprint density at radius 2 is 1.89 bits per heavy atom. The largest absolute Gasteiger partial charge is 0.396 e. The minimum Gasteiger partial charge on any atom is -0.396 e. The molecule has 2 aromatic heterocycles. The number of aliphatic hydroxyl groups excluding tert-OH is 1. The highest BCUT2D eigenvalue weighted by atomic mass is 19.1. The van der Waals surface area contributed by atoms with Crippen molar-refractivity contribution in [3.05, 3.63) is 59.7 Å². The van der Waals surface area contributed by atoms with Crippen molar-refractivity contribution in [2.24, 2.45) is 11.3 Å². The number of rotatable bonds is 8. The highest BCUT2D eigenvalue weighted by Gasteiger charge is 2.33. The van der Waals surface area contributed by atoms with Gasteiger partial charge in [0.15, 0.2) is 0 Å². The fraction of sp³-hybridized carbons (Fsp3) is 0.517. The number of aromatic nitrogens is 3. The molecule has 1 saturated carbocycles. The predicted octanol–water partition coefficient (Wildman–Crippen LogP) is 5.88. The van der Waals surface area contributed by atoms with Gasteiger partial charge in [0.25, 0.3) is 0 Å². The van der Waals surface area contributed by atoms with Crippen molar-refractivity contribution in [3.63, 3.8) is 0 Å². The van der Waals surface area contributed by atoms with Gasteiger partial charge in [0.05, 0.1) is 11.4 Å². The van der Waals surface area contributed by atoms with Crippen LogP contribution in [0.15, 0.2) is 42.6 Å². The number of benzene rings is 1. The first-order valence-corrected chi connectivity index (χ1v) is 13.0. The van der Waals surface area contributed by atoms with Gasteiger partial charge < -0.3 is 5.11 Å². The summed E-state index contributed by atoms with van der Waals surface area (Å²) >= 11 is 0. The van der Waals surface area contributed by atoms with E-state index in [9.17, 15) is 9.50 Å². The van der Waals surface area contributed by atoms with Gasteiger partial charge in [-0.1, -0.05) is 26.0 Å². The molecule has 1 aromatic carbocycles. The van der Waals surface area contributed by atoms with Crippen molar-refractivity contribution >= 4 is 0 Å². The molecule has 5 nitrogen and oxygen atoms in total. The van der Waals surface area contributed by atoms with E-state index in [4.69, 9.17) is 5.10 Å². The van der Waals surface area contributed by atoms with Gasteiger partial charge in [-0.2, -0.15) is 9.49 Å². The summed E-state index contributed by atoms with van der Waals surface area (Å²) in [5.41, 5.74) is 6.77. The Kier molecular flexibility index (Phi) is 6.78. The van der Waals surface area contributed by atoms with E-state index in [1.165, 1.54) is 42.9 Å². The zero-order valence-corrected chi connectivity index (χ0v) is 21.2. The molecule has 0 unspecified atom stereocenters. The topological polar surface area (TPSA) is 54.2 Å². The molecule has 2 aliphatic rings. The number of hydrogen-bond donors (Lipinski definition) is 1. The summed E-state index contributed by atoms with van der Waals surface area (Å²) in [4.78, 5) is 6.41. The van der Waals surface area contributed by atoms with Crippen LogP contribution in [0.3, 0.4) is 0 Å². The molecule has 186 valence electrons. The Balaban J connectivity index is 1.40. The van der Waals surface area contributed by atoms with Crippen LogP contribution in [-0.4, -0.2) is 44.5 Å². The number of halogens is 1. The Morgan fingerprint density at radius 3 is 2.57 bits per heavy atom. The molecule has 1 aliphatic heterocycles. The van der Waals surface area contributed by atoms with Gasteiger partial charge in [-0.15, -0.1) is 0 Å². The molecule has 1 atom stereocenters. The molecular weight excluding hydrogens is 439 g/mol. The maximum atomic E-state index is 13.3. The Bertz CT molecular complexity index is 1170. The molecule has 0 spiro atoms. The van der Waals surface area contributed by atoms with Gasteiger partial charge in [0.2, 0.25) is 5.95 Å². The molecule has 0 amide bonds. The lowest BCUT2D eigenvalue weighted by molar-refractivity contribution is 0.0381. The van der Waals surface area contributed by atoms with Gasteiger partial charge in [0.1, 0.15) is 0 Å². The molecular formula is C29H37FN4O. The Hall–Kier alpha value is -2.57. The third-order valence-electron chi connectivity index (χ3n) is 7.97. The average molecular weight is 477 g/mol. The van der Waals surface area contributed by atoms with Gasteiger partial charge in [-0.25, -0.2) is 4.98 Å². The van der Waals surface area contributed by atoms with Crippen LogP contribution in [0.25, 0.3) is 22.5 Å². The highest BCUT2D eigenvalue weighted by Crippen LogP contribution is 2.44. The number of aryl methyl sites for hydroxylation is 1. The molecule has 3 aromatic rings. The van der Waals surface area contributed by atoms with E-state index in [-0.39, 0.29) is 12.0 Å². The fourth-order valence-electron chi connectivity index (χ4n) is 5.44. The molecule has 3 heterocycles. The summed E-state index contributed by atoms with van der Waals surface area (Å²) in [6.07, 6.45) is 6.48. The van der Waals surface area contributed by atoms with Gasteiger partial charge in [0, 0.05) is 43.6 Å². The second kappa shape index (κ2) is 9.82. The van der Waals surface area contributed by atoms with E-state index >= 15 is 0 Å². The fourth-order valence-corrected chi connectivity index (χ4v) is 5.44. The van der Waals surface area contributed by atoms with E-state index in [1.54, 1.807) is 12.3 Å². The van der Waals surface area contributed by atoms with E-state index in [0.29, 0.717) is 11.8 Å². The van der Waals surface area contributed by atoms with Crippen molar-refractivity contribution in [2.75, 3.05) is 19.7 Å². The average Bonchev–Trinajstić information content (AvgIpc) is 3.63. The molecule has 2 fully saturated rings. The number of aliphatic hydroxyl groups is 1. The summed E-state index contributed by atoms with van der Waals surface area (Å²) in [5, 5.41) is 14.7. The van der Waals surface area contributed by atoms with Crippen molar-refractivity contribution in [1.82, 2.24) is 19.7 Å². The summed E-state index contributed by atoms with van der Waals surface area (Å²) < 4.78 is 15.3. The molecule has 1 saturated heterocycles. The smallest absolute Gasteiger partial charge is 0.212 e. The highest BCUT2D eigenvalue weighted by molar-refractivity contribution is 5.69. The maximum Gasteiger partial charge on any atom is 0.212 e. The minimum absolute atomic E-state index is 0.0301. The molecule has 0 bridgehead atoms. The molecule has 35 heavy (non-hydrogen) atoms. The minimum atomic E-state index is -0.471. The number of nitrogens with zero attached hydrogens (tertiary/aromatic N) is 4. The van der Waals surface area contributed by atoms with Crippen molar-refractivity contribution < 1.29 is 9.50 Å². The predicted molar refractivity (Wildman–Crippen MR) is 137 cm³/mol. The van der Waals surface area contributed by atoms with Crippen LogP contribution >= 0.6 is 0 Å². The standard InChI is InChI=1S/C29H37FN4O/c1-4-34-27(22-11-12-28(30)31-16-22)15-26(32-34)21-9-10-23(25(14-21)20-7-8-20)17-33-13-5-6-24(18-33)29(2,3)19-35/h9-12,14-16,20,24,35H,4-8,13,17-19H2,1-3H3/t24-/m0/s1. The van der Waals surface area contributed by atoms with Crippen LogP contribution in [0.2, 0.25) is 0 Å². The normalized spacial score (nSPS) is 19.3. The monoisotopic (exact) mass is 476 g/mol. The molecule has 6 heteroatoms. The van der Waals surface area contributed by atoms with Gasteiger partial charge >= 0.3 is 0 Å². The Labute approximate surface area is 208 Å². The van der Waals surface area contributed by atoms with Crippen LogP contribution in [-0.2, 0) is 13.1 Å². The SMILES string of the molecule is CCn1nc(-c2ccc(CN3CCC[C@H](C(C)(C)CO)C3)c(C3CC3)c2)cc1-c1ccc(F)nc1. The third-order valence-corrected chi connectivity index (χ3v) is 7.97. The van der Waals surface area contributed by atoms with Crippen LogP contribution < -0.4 is 0 Å². The van der Waals surface area contributed by atoms with E-state index in [1.807, 2.05) is 4.68 Å². The number of likely N-dealkylation sites (tertiary alicyclic amines) is 1. The third kappa shape index (κ3) is 5.19. The Morgan fingerprint density at radius 1 is 1.09 bits per heavy atom. The second-order valence-corrected chi connectivity index (χ2v) is 11.0. The number of piperidine rings is 1. The quantitative estimate of drug-likeness (QED) is 0.413. The lowest BCUT2D eigenvalue weighted by Gasteiger charge is -2.41. The summed E-state index contributed by atoms with van der Waals surface area (Å²) in [5.74, 6) is 0.705. The molecule has 1 aliphatic carbocycles. The van der Waals surface area contributed by atoms with Crippen LogP contribution in [0.4, 0.5) is 4.39 Å². The van der Waals surface area contributed by atoms with Crippen LogP contribution in [0.1, 0.15) is 63.5 Å². The summed E-state index contributed by atoms with van der Waals surface area (Å²) in [6, 6.07) is 12.1. The number of pyridine rings is 1. The summed E-state index contributed by atoms with van der Waals surface area (Å²) in [7, 11) is 0. The lowest BCUT2D eigenvalue weighted by Crippen LogP contribution is -2.42. The first-order chi connectivity index (χ1) is 16.9. The van der Waals surface area contributed by atoms with Crippen molar-refractivity contribution in [1.29, 1.82) is 0 Å². The van der Waals surface area contributed by atoms with E-state index < -0.39 is 5.95 Å². The van der Waals surface area contributed by atoms with Crippen molar-refractivity contribution in [2.45, 2.75) is 65.5 Å². The lowest BCUT2D eigenvalue weighted by atomic mass is 9.75. The maximum absolute atomic E-state index is 13.3. The van der Waals surface area contributed by atoms with Crippen LogP contribution in [0.5, 0.6) is 0 Å². The molecule has 0 radical (unpaired) electrons. The van der Waals surface area contributed by atoms with E-state index in [0.717, 1.165) is 48.7 Å². The number of hydrogen-bond acceptors (Lipinski definition) is 4. The van der Waals surface area contributed by atoms with E-state index in [2.05, 4.69) is 54.9 Å². The summed E-state index contributed by atoms with van der Waals surface area (Å²) in [6.45, 7) is 10.6. The van der Waals surface area contributed by atoms with Crippen LogP contribution in [0, 0.1) is 17.3 Å². The zero-order chi connectivity index (χ0) is 24.6. The molecule has 1 N–H and O–H groups in total. The van der Waals surface area contributed by atoms with Gasteiger partial charge in [-0.05, 0) is 91.8 Å². The molecule has 5 rings (SSSR count).